The zero-order valence-corrected chi connectivity index (χ0v) is 13.9. The van der Waals surface area contributed by atoms with Crippen LogP contribution in [-0.4, -0.2) is 58.1 Å². The minimum Gasteiger partial charge on any atom is -0.383 e. The molecule has 1 amide bonds. The molecule has 1 saturated heterocycles. The molecule has 0 unspecified atom stereocenters. The molecule has 5 nitrogen and oxygen atoms in total. The van der Waals surface area contributed by atoms with Crippen LogP contribution in [0.2, 0.25) is 0 Å². The number of aliphatic hydroxyl groups excluding tert-OH is 1. The summed E-state index contributed by atoms with van der Waals surface area (Å²) in [5.41, 5.74) is 1.22. The lowest BCUT2D eigenvalue weighted by atomic mass is 10.0. The van der Waals surface area contributed by atoms with Gasteiger partial charge in [0.25, 0.3) is 0 Å². The first-order chi connectivity index (χ1) is 10.7. The van der Waals surface area contributed by atoms with Gasteiger partial charge in [-0.3, -0.25) is 14.7 Å². The van der Waals surface area contributed by atoms with Crippen LogP contribution in [-0.2, 0) is 11.3 Å². The van der Waals surface area contributed by atoms with Crippen LogP contribution in [0.5, 0.6) is 0 Å². The van der Waals surface area contributed by atoms with Crippen molar-refractivity contribution in [1.82, 2.24) is 15.2 Å². The second-order valence-corrected chi connectivity index (χ2v) is 6.70. The third-order valence-electron chi connectivity index (χ3n) is 3.96. The van der Waals surface area contributed by atoms with Crippen molar-refractivity contribution in [2.24, 2.45) is 0 Å². The average molecular weight is 323 g/mol. The minimum atomic E-state index is -0.874. The molecule has 22 heavy (non-hydrogen) atoms. The highest BCUT2D eigenvalue weighted by Crippen LogP contribution is 2.14. The molecule has 1 fully saturated rings. The van der Waals surface area contributed by atoms with Gasteiger partial charge in [-0.1, -0.05) is 6.07 Å². The van der Waals surface area contributed by atoms with Crippen LogP contribution >= 0.6 is 11.8 Å². The van der Waals surface area contributed by atoms with Crippen LogP contribution in [0.3, 0.4) is 0 Å². The lowest BCUT2D eigenvalue weighted by Gasteiger charge is -2.32. The fourth-order valence-corrected chi connectivity index (χ4v) is 3.10. The van der Waals surface area contributed by atoms with E-state index in [-0.39, 0.29) is 11.9 Å². The Kier molecular flexibility index (Phi) is 7.15. The molecule has 0 aliphatic carbocycles. The van der Waals surface area contributed by atoms with Gasteiger partial charge in [-0.2, -0.15) is 11.8 Å². The van der Waals surface area contributed by atoms with Gasteiger partial charge in [0.1, 0.15) is 6.10 Å². The number of piperidine rings is 1. The molecule has 0 radical (unpaired) electrons. The number of amides is 1. The molecular formula is C16H25N3O2S. The summed E-state index contributed by atoms with van der Waals surface area (Å²) >= 11 is 1.64. The summed E-state index contributed by atoms with van der Waals surface area (Å²) < 4.78 is 0. The highest BCUT2D eigenvalue weighted by Gasteiger charge is 2.23. The molecule has 0 spiro atoms. The molecule has 2 N–H and O–H groups in total. The number of pyridine rings is 1. The van der Waals surface area contributed by atoms with E-state index >= 15 is 0 Å². The quantitative estimate of drug-likeness (QED) is 0.791. The fourth-order valence-electron chi connectivity index (χ4n) is 2.64. The Bertz CT molecular complexity index is 450. The van der Waals surface area contributed by atoms with Crippen LogP contribution in [0.15, 0.2) is 24.5 Å². The van der Waals surface area contributed by atoms with Crippen LogP contribution in [0.4, 0.5) is 0 Å². The number of likely N-dealkylation sites (tertiary alicyclic amines) is 1. The second kappa shape index (κ2) is 9.12. The van der Waals surface area contributed by atoms with Gasteiger partial charge in [-0.05, 0) is 42.9 Å². The molecular weight excluding hydrogens is 298 g/mol. The second-order valence-electron chi connectivity index (χ2n) is 5.72. The van der Waals surface area contributed by atoms with Gasteiger partial charge in [0.2, 0.25) is 5.91 Å². The number of nitrogens with one attached hydrogen (secondary N) is 1. The molecule has 1 atom stereocenters. The van der Waals surface area contributed by atoms with E-state index in [2.05, 4.69) is 21.3 Å². The van der Waals surface area contributed by atoms with E-state index in [9.17, 15) is 9.90 Å². The minimum absolute atomic E-state index is 0.182. The predicted octanol–water partition coefficient (Wildman–Crippen LogP) is 1.28. The van der Waals surface area contributed by atoms with E-state index < -0.39 is 6.10 Å². The Morgan fingerprint density at radius 1 is 1.55 bits per heavy atom. The van der Waals surface area contributed by atoms with E-state index in [4.69, 9.17) is 0 Å². The Morgan fingerprint density at radius 2 is 2.32 bits per heavy atom. The van der Waals surface area contributed by atoms with Crippen LogP contribution in [0.25, 0.3) is 0 Å². The van der Waals surface area contributed by atoms with Gasteiger partial charge in [-0.15, -0.1) is 0 Å². The molecule has 1 aromatic rings. The van der Waals surface area contributed by atoms with Crippen molar-refractivity contribution in [3.8, 4) is 0 Å². The molecule has 2 heterocycles. The monoisotopic (exact) mass is 323 g/mol. The molecule has 1 aliphatic rings. The molecule has 122 valence electrons. The lowest BCUT2D eigenvalue weighted by molar-refractivity contribution is -0.130. The molecule has 6 heteroatoms. The number of rotatable bonds is 7. The summed E-state index contributed by atoms with van der Waals surface area (Å²) in [4.78, 5) is 18.4. The zero-order valence-electron chi connectivity index (χ0n) is 13.1. The van der Waals surface area contributed by atoms with E-state index in [1.54, 1.807) is 18.0 Å². The number of carbonyl (C=O) groups is 1. The standard InChI is InChI=1S/C16H25N3O2S/c1-22-10-6-15(20)16(21)18-14-4-8-19(9-5-14)12-13-3-2-7-17-11-13/h2-3,7,11,14-15,20H,4-6,8-10,12H2,1H3,(H,18,21)/t15-/m0/s1. The van der Waals surface area contributed by atoms with Crippen molar-refractivity contribution in [2.75, 3.05) is 25.1 Å². The van der Waals surface area contributed by atoms with Gasteiger partial charge in [0.15, 0.2) is 0 Å². The number of carbonyl (C=O) groups excluding carboxylic acids is 1. The number of hydrogen-bond donors (Lipinski definition) is 2. The van der Waals surface area contributed by atoms with Gasteiger partial charge < -0.3 is 10.4 Å². The van der Waals surface area contributed by atoms with Crippen LogP contribution < -0.4 is 5.32 Å². The fraction of sp³-hybridized carbons (Fsp3) is 0.625. The molecule has 1 aliphatic heterocycles. The van der Waals surface area contributed by atoms with E-state index in [0.717, 1.165) is 38.2 Å². The highest BCUT2D eigenvalue weighted by atomic mass is 32.2. The molecule has 0 bridgehead atoms. The summed E-state index contributed by atoms with van der Waals surface area (Å²) in [6, 6.07) is 4.22. The Morgan fingerprint density at radius 3 is 2.95 bits per heavy atom. The normalized spacial score (nSPS) is 18.1. The first kappa shape index (κ1) is 17.2. The maximum absolute atomic E-state index is 11.9. The topological polar surface area (TPSA) is 65.5 Å². The van der Waals surface area contributed by atoms with Crippen molar-refractivity contribution < 1.29 is 9.90 Å². The number of hydrogen-bond acceptors (Lipinski definition) is 5. The molecule has 0 saturated carbocycles. The molecule has 2 rings (SSSR count). The average Bonchev–Trinajstić information content (AvgIpc) is 2.55. The van der Waals surface area contributed by atoms with Crippen molar-refractivity contribution in [1.29, 1.82) is 0 Å². The van der Waals surface area contributed by atoms with Gasteiger partial charge in [0, 0.05) is 38.1 Å². The highest BCUT2D eigenvalue weighted by molar-refractivity contribution is 7.98. The predicted molar refractivity (Wildman–Crippen MR) is 89.7 cm³/mol. The summed E-state index contributed by atoms with van der Waals surface area (Å²) in [7, 11) is 0. The van der Waals surface area contributed by atoms with Crippen molar-refractivity contribution in [3.63, 3.8) is 0 Å². The largest absolute Gasteiger partial charge is 0.383 e. The summed E-state index contributed by atoms with van der Waals surface area (Å²) in [6.45, 7) is 2.83. The maximum Gasteiger partial charge on any atom is 0.249 e. The zero-order chi connectivity index (χ0) is 15.8. The summed E-state index contributed by atoms with van der Waals surface area (Å²) in [6.07, 6.45) is 7.17. The SMILES string of the molecule is CSCC[C@H](O)C(=O)NC1CCN(Cc2cccnc2)CC1. The summed E-state index contributed by atoms with van der Waals surface area (Å²) in [5, 5.41) is 12.8. The smallest absolute Gasteiger partial charge is 0.249 e. The van der Waals surface area contributed by atoms with Gasteiger partial charge >= 0.3 is 0 Å². The van der Waals surface area contributed by atoms with Gasteiger partial charge in [-0.25, -0.2) is 0 Å². The Labute approximate surface area is 136 Å². The van der Waals surface area contributed by atoms with E-state index in [1.165, 1.54) is 5.56 Å². The van der Waals surface area contributed by atoms with Crippen molar-refractivity contribution in [3.05, 3.63) is 30.1 Å². The van der Waals surface area contributed by atoms with Crippen molar-refractivity contribution >= 4 is 17.7 Å². The van der Waals surface area contributed by atoms with E-state index in [0.29, 0.717) is 6.42 Å². The first-order valence-electron chi connectivity index (χ1n) is 7.77. The van der Waals surface area contributed by atoms with Crippen LogP contribution in [0, 0.1) is 0 Å². The number of aliphatic hydroxyl groups is 1. The Balaban J connectivity index is 1.69. The number of nitrogens with zero attached hydrogens (tertiary/aromatic N) is 2. The summed E-state index contributed by atoms with van der Waals surface area (Å²) in [5.74, 6) is 0.581. The van der Waals surface area contributed by atoms with Crippen molar-refractivity contribution in [2.45, 2.75) is 38.0 Å². The van der Waals surface area contributed by atoms with Crippen LogP contribution in [0.1, 0.15) is 24.8 Å². The maximum atomic E-state index is 11.9. The van der Waals surface area contributed by atoms with E-state index in [1.807, 2.05) is 18.5 Å². The number of aromatic nitrogens is 1. The third-order valence-corrected chi connectivity index (χ3v) is 4.60. The first-order valence-corrected chi connectivity index (χ1v) is 9.17. The van der Waals surface area contributed by atoms with Gasteiger partial charge in [0.05, 0.1) is 0 Å². The molecule has 0 aromatic carbocycles. The lowest BCUT2D eigenvalue weighted by Crippen LogP contribution is -2.47. The molecule has 1 aromatic heterocycles. The third kappa shape index (κ3) is 5.59. The Hall–Kier alpha value is -1.11. The number of thioether (sulfide) groups is 1.